The minimum Gasteiger partial charge on any atom is -0.294 e. The standard InChI is InChI=1S/C24H20ClFN2O3S/c1-15(2)17-8-10-19(11-9-17)32(30,31)28-22-12-16(6-7-18(22)14-27-28)13-23(29)24-20(25)4-3-5-21(24)26/h3-12,14-15H,13H2,1-2H3. The van der Waals surface area contributed by atoms with E-state index in [1.807, 2.05) is 13.8 Å². The van der Waals surface area contributed by atoms with E-state index in [0.717, 1.165) is 9.65 Å². The highest BCUT2D eigenvalue weighted by atomic mass is 35.5. The lowest BCUT2D eigenvalue weighted by Gasteiger charge is -2.10. The van der Waals surface area contributed by atoms with E-state index in [2.05, 4.69) is 5.10 Å². The number of fused-ring (bicyclic) bond motifs is 1. The Bertz CT molecular complexity index is 1410. The number of ketones is 1. The SMILES string of the molecule is CC(C)c1ccc(S(=O)(=O)n2ncc3ccc(CC(=O)c4c(F)cccc4Cl)cc32)cc1. The summed E-state index contributed by atoms with van der Waals surface area (Å²) < 4.78 is 41.5. The monoisotopic (exact) mass is 470 g/mol. The smallest absolute Gasteiger partial charge is 0.283 e. The predicted molar refractivity (Wildman–Crippen MR) is 122 cm³/mol. The van der Waals surface area contributed by atoms with E-state index in [1.165, 1.54) is 24.4 Å². The first-order chi connectivity index (χ1) is 15.2. The van der Waals surface area contributed by atoms with Crippen LogP contribution in [0.1, 0.15) is 41.3 Å². The number of nitrogens with zero attached hydrogens (tertiary/aromatic N) is 2. The molecular formula is C24H20ClFN2O3S. The highest BCUT2D eigenvalue weighted by Gasteiger charge is 2.22. The van der Waals surface area contributed by atoms with Gasteiger partial charge in [0.1, 0.15) is 5.82 Å². The van der Waals surface area contributed by atoms with Gasteiger partial charge in [0.15, 0.2) is 5.78 Å². The quantitative estimate of drug-likeness (QED) is 0.343. The maximum Gasteiger partial charge on any atom is 0.283 e. The molecule has 5 nitrogen and oxygen atoms in total. The predicted octanol–water partition coefficient (Wildman–Crippen LogP) is 5.61. The molecule has 0 aliphatic carbocycles. The number of benzene rings is 3. The number of rotatable bonds is 6. The Balaban J connectivity index is 1.71. The Morgan fingerprint density at radius 3 is 2.47 bits per heavy atom. The van der Waals surface area contributed by atoms with Crippen LogP contribution in [0, 0.1) is 5.82 Å². The molecule has 0 spiro atoms. The number of aromatic nitrogens is 2. The normalized spacial score (nSPS) is 11.9. The third kappa shape index (κ3) is 4.06. The fourth-order valence-corrected chi connectivity index (χ4v) is 5.04. The molecule has 8 heteroatoms. The summed E-state index contributed by atoms with van der Waals surface area (Å²) in [4.78, 5) is 12.8. The van der Waals surface area contributed by atoms with Crippen LogP contribution in [-0.4, -0.2) is 23.4 Å². The molecule has 1 heterocycles. The van der Waals surface area contributed by atoms with Gasteiger partial charge in [-0.1, -0.05) is 55.8 Å². The molecule has 0 amide bonds. The first kappa shape index (κ1) is 22.2. The van der Waals surface area contributed by atoms with E-state index in [-0.39, 0.29) is 27.8 Å². The molecule has 0 atom stereocenters. The number of hydrogen-bond donors (Lipinski definition) is 0. The molecule has 4 aromatic rings. The van der Waals surface area contributed by atoms with Crippen LogP contribution in [0.25, 0.3) is 10.9 Å². The van der Waals surface area contributed by atoms with Gasteiger partial charge in [0.25, 0.3) is 10.0 Å². The van der Waals surface area contributed by atoms with Gasteiger partial charge in [0, 0.05) is 11.8 Å². The second-order valence-corrected chi connectivity index (χ2v) is 9.98. The lowest BCUT2D eigenvalue weighted by Crippen LogP contribution is -2.14. The number of Topliss-reactive ketones (excluding diaryl/α,β-unsaturated/α-hetero) is 1. The third-order valence-electron chi connectivity index (χ3n) is 5.28. The summed E-state index contributed by atoms with van der Waals surface area (Å²) >= 11 is 6.00. The zero-order valence-corrected chi connectivity index (χ0v) is 19.0. The van der Waals surface area contributed by atoms with Crippen LogP contribution >= 0.6 is 11.6 Å². The van der Waals surface area contributed by atoms with Crippen molar-refractivity contribution in [1.82, 2.24) is 9.19 Å². The van der Waals surface area contributed by atoms with Crippen molar-refractivity contribution in [3.63, 3.8) is 0 Å². The lowest BCUT2D eigenvalue weighted by atomic mass is 10.0. The van der Waals surface area contributed by atoms with Crippen molar-refractivity contribution in [2.45, 2.75) is 31.1 Å². The molecule has 0 unspecified atom stereocenters. The fraction of sp³-hybridized carbons (Fsp3) is 0.167. The van der Waals surface area contributed by atoms with E-state index in [1.54, 1.807) is 42.5 Å². The molecule has 164 valence electrons. The molecule has 0 radical (unpaired) electrons. The molecule has 3 aromatic carbocycles. The van der Waals surface area contributed by atoms with Gasteiger partial charge >= 0.3 is 0 Å². The minimum absolute atomic E-state index is 0.0357. The van der Waals surface area contributed by atoms with Gasteiger partial charge in [-0.05, 0) is 47.4 Å². The summed E-state index contributed by atoms with van der Waals surface area (Å²) in [5, 5.41) is 4.71. The number of halogens is 2. The maximum atomic E-state index is 14.1. The zero-order chi connectivity index (χ0) is 23.0. The van der Waals surface area contributed by atoms with Gasteiger partial charge in [-0.2, -0.15) is 17.6 Å². The van der Waals surface area contributed by atoms with Crippen molar-refractivity contribution in [3.05, 3.63) is 94.4 Å². The summed E-state index contributed by atoms with van der Waals surface area (Å²) in [5.74, 6) is -0.910. The molecule has 0 fully saturated rings. The largest absolute Gasteiger partial charge is 0.294 e. The van der Waals surface area contributed by atoms with Gasteiger partial charge in [-0.25, -0.2) is 4.39 Å². The Morgan fingerprint density at radius 1 is 1.09 bits per heavy atom. The van der Waals surface area contributed by atoms with Crippen molar-refractivity contribution in [1.29, 1.82) is 0 Å². The summed E-state index contributed by atoms with van der Waals surface area (Å²) in [5.41, 5.74) is 1.71. The first-order valence-electron chi connectivity index (χ1n) is 9.98. The summed E-state index contributed by atoms with van der Waals surface area (Å²) in [6.07, 6.45) is 1.32. The average Bonchev–Trinajstić information content (AvgIpc) is 3.18. The molecular weight excluding hydrogens is 451 g/mol. The maximum absolute atomic E-state index is 14.1. The van der Waals surface area contributed by atoms with Crippen LogP contribution in [0.15, 0.2) is 71.8 Å². The zero-order valence-electron chi connectivity index (χ0n) is 17.4. The Hall–Kier alpha value is -3.03. The minimum atomic E-state index is -3.94. The Labute approximate surface area is 190 Å². The number of carbonyl (C=O) groups excluding carboxylic acids is 1. The molecule has 0 saturated heterocycles. The van der Waals surface area contributed by atoms with Gasteiger partial charge in [-0.3, -0.25) is 4.79 Å². The van der Waals surface area contributed by atoms with Gasteiger partial charge in [0.2, 0.25) is 0 Å². The van der Waals surface area contributed by atoms with Crippen LogP contribution in [0.4, 0.5) is 4.39 Å². The molecule has 0 saturated carbocycles. The van der Waals surface area contributed by atoms with Crippen molar-refractivity contribution in [2.75, 3.05) is 0 Å². The van der Waals surface area contributed by atoms with E-state index in [9.17, 15) is 17.6 Å². The fourth-order valence-electron chi connectivity index (χ4n) is 3.50. The van der Waals surface area contributed by atoms with Crippen LogP contribution in [0.2, 0.25) is 5.02 Å². The van der Waals surface area contributed by atoms with Crippen molar-refractivity contribution >= 4 is 38.3 Å². The highest BCUT2D eigenvalue weighted by Crippen LogP contribution is 2.25. The van der Waals surface area contributed by atoms with Crippen LogP contribution in [-0.2, 0) is 16.4 Å². The van der Waals surface area contributed by atoms with Gasteiger partial charge in [-0.15, -0.1) is 0 Å². The van der Waals surface area contributed by atoms with Crippen molar-refractivity contribution in [2.24, 2.45) is 0 Å². The summed E-state index contributed by atoms with van der Waals surface area (Å²) in [6, 6.07) is 15.7. The lowest BCUT2D eigenvalue weighted by molar-refractivity contribution is 0.0989. The Morgan fingerprint density at radius 2 is 1.81 bits per heavy atom. The van der Waals surface area contributed by atoms with Crippen LogP contribution in [0.5, 0.6) is 0 Å². The van der Waals surface area contributed by atoms with Gasteiger partial charge < -0.3 is 0 Å². The van der Waals surface area contributed by atoms with Crippen LogP contribution < -0.4 is 0 Å². The highest BCUT2D eigenvalue weighted by molar-refractivity contribution is 7.90. The van der Waals surface area contributed by atoms with E-state index in [0.29, 0.717) is 16.5 Å². The summed E-state index contributed by atoms with van der Waals surface area (Å²) in [6.45, 7) is 4.06. The summed E-state index contributed by atoms with van der Waals surface area (Å²) in [7, 11) is -3.94. The second-order valence-electron chi connectivity index (χ2n) is 7.81. The van der Waals surface area contributed by atoms with E-state index < -0.39 is 21.6 Å². The van der Waals surface area contributed by atoms with E-state index in [4.69, 9.17) is 11.6 Å². The van der Waals surface area contributed by atoms with E-state index >= 15 is 0 Å². The molecule has 0 bridgehead atoms. The topological polar surface area (TPSA) is 69.0 Å². The van der Waals surface area contributed by atoms with Gasteiger partial charge in [0.05, 0.1) is 27.2 Å². The molecule has 0 N–H and O–H groups in total. The molecule has 32 heavy (non-hydrogen) atoms. The molecule has 0 aliphatic rings. The third-order valence-corrected chi connectivity index (χ3v) is 7.21. The number of carbonyl (C=O) groups is 1. The Kier molecular flexibility index (Phi) is 5.88. The second kappa shape index (κ2) is 8.48. The molecule has 0 aliphatic heterocycles. The van der Waals surface area contributed by atoms with Crippen molar-refractivity contribution < 1.29 is 17.6 Å². The van der Waals surface area contributed by atoms with Crippen LogP contribution in [0.3, 0.4) is 0 Å². The van der Waals surface area contributed by atoms with Crippen molar-refractivity contribution in [3.8, 4) is 0 Å². The first-order valence-corrected chi connectivity index (χ1v) is 11.8. The molecule has 4 rings (SSSR count). The number of hydrogen-bond acceptors (Lipinski definition) is 4. The molecule has 1 aromatic heterocycles. The average molecular weight is 471 g/mol.